The predicted octanol–water partition coefficient (Wildman–Crippen LogP) is 1.33. The van der Waals surface area contributed by atoms with E-state index >= 15 is 0 Å². The molecule has 82 valence electrons. The first-order valence-electron chi connectivity index (χ1n) is 4.66. The van der Waals surface area contributed by atoms with E-state index in [-0.39, 0.29) is 12.0 Å². The summed E-state index contributed by atoms with van der Waals surface area (Å²) in [5.74, 6) is 0.138. The quantitative estimate of drug-likeness (QED) is 0.761. The van der Waals surface area contributed by atoms with Crippen molar-refractivity contribution in [2.75, 3.05) is 5.32 Å². The average Bonchev–Trinajstić information content (AvgIpc) is 2.45. The van der Waals surface area contributed by atoms with Gasteiger partial charge in [-0.1, -0.05) is 6.58 Å². The molecule has 5 heteroatoms. The smallest absolute Gasteiger partial charge is 0.257 e. The fourth-order valence-corrected chi connectivity index (χ4v) is 1.05. The number of hydrogen-bond acceptors (Lipinski definition) is 3. The summed E-state index contributed by atoms with van der Waals surface area (Å²) in [6.07, 6.45) is 2.89. The first kappa shape index (κ1) is 11.3. The van der Waals surface area contributed by atoms with Crippen LogP contribution in [0.2, 0.25) is 0 Å². The minimum atomic E-state index is -0.281. The molecule has 1 amide bonds. The number of nitrogens with zero attached hydrogens (tertiary/aromatic N) is 2. The standard InChI is InChI=1S/C10H15N3O2/c1-5-9(14)11-8-6-13(4)12-10(8)15-7(2)3/h5-7H,1H2,2-4H3,(H,11,14). The molecule has 0 fully saturated rings. The molecule has 0 aliphatic heterocycles. The molecule has 0 unspecified atom stereocenters. The zero-order valence-electron chi connectivity index (χ0n) is 9.15. The van der Waals surface area contributed by atoms with Crippen LogP contribution in [0.3, 0.4) is 0 Å². The van der Waals surface area contributed by atoms with Crippen LogP contribution < -0.4 is 10.1 Å². The van der Waals surface area contributed by atoms with E-state index in [4.69, 9.17) is 4.74 Å². The van der Waals surface area contributed by atoms with Gasteiger partial charge >= 0.3 is 0 Å². The Morgan fingerprint density at radius 1 is 1.73 bits per heavy atom. The van der Waals surface area contributed by atoms with E-state index in [0.29, 0.717) is 11.6 Å². The normalized spacial score (nSPS) is 10.1. The van der Waals surface area contributed by atoms with Gasteiger partial charge in [-0.05, 0) is 19.9 Å². The van der Waals surface area contributed by atoms with Crippen molar-refractivity contribution in [2.24, 2.45) is 7.05 Å². The van der Waals surface area contributed by atoms with Crippen LogP contribution in [0, 0.1) is 0 Å². The molecule has 0 radical (unpaired) electrons. The Balaban J connectivity index is 2.85. The van der Waals surface area contributed by atoms with Crippen LogP contribution in [0.5, 0.6) is 5.88 Å². The van der Waals surface area contributed by atoms with Crippen LogP contribution >= 0.6 is 0 Å². The Kier molecular flexibility index (Phi) is 3.49. The van der Waals surface area contributed by atoms with E-state index in [9.17, 15) is 4.79 Å². The van der Waals surface area contributed by atoms with Crippen molar-refractivity contribution < 1.29 is 9.53 Å². The maximum absolute atomic E-state index is 11.1. The van der Waals surface area contributed by atoms with Gasteiger partial charge in [-0.25, -0.2) is 0 Å². The zero-order valence-corrected chi connectivity index (χ0v) is 9.15. The summed E-state index contributed by atoms with van der Waals surface area (Å²) in [6, 6.07) is 0. The summed E-state index contributed by atoms with van der Waals surface area (Å²) in [4.78, 5) is 11.1. The van der Waals surface area contributed by atoms with Crippen LogP contribution in [0.15, 0.2) is 18.9 Å². The summed E-state index contributed by atoms with van der Waals surface area (Å²) in [6.45, 7) is 7.17. The van der Waals surface area contributed by atoms with Crippen LogP contribution in [0.1, 0.15) is 13.8 Å². The topological polar surface area (TPSA) is 56.2 Å². The minimum absolute atomic E-state index is 0.0132. The van der Waals surface area contributed by atoms with Crippen LogP contribution in [-0.2, 0) is 11.8 Å². The summed E-state index contributed by atoms with van der Waals surface area (Å²) in [5.41, 5.74) is 0.552. The van der Waals surface area contributed by atoms with Gasteiger partial charge < -0.3 is 10.1 Å². The van der Waals surface area contributed by atoms with Crippen LogP contribution in [-0.4, -0.2) is 21.8 Å². The molecule has 0 bridgehead atoms. The minimum Gasteiger partial charge on any atom is -0.472 e. The molecule has 5 nitrogen and oxygen atoms in total. The van der Waals surface area contributed by atoms with Gasteiger partial charge in [-0.15, -0.1) is 5.10 Å². The van der Waals surface area contributed by atoms with Gasteiger partial charge in [0.15, 0.2) is 0 Å². The van der Waals surface area contributed by atoms with Crippen molar-refractivity contribution >= 4 is 11.6 Å². The van der Waals surface area contributed by atoms with E-state index in [2.05, 4.69) is 17.0 Å². The monoisotopic (exact) mass is 209 g/mol. The van der Waals surface area contributed by atoms with Gasteiger partial charge in [-0.2, -0.15) is 0 Å². The number of anilines is 1. The molecule has 1 heterocycles. The third-order valence-corrected chi connectivity index (χ3v) is 1.59. The molecular formula is C10H15N3O2. The van der Waals surface area contributed by atoms with Gasteiger partial charge in [0.2, 0.25) is 5.91 Å². The van der Waals surface area contributed by atoms with Crippen molar-refractivity contribution in [3.63, 3.8) is 0 Å². The Morgan fingerprint density at radius 3 is 2.93 bits per heavy atom. The van der Waals surface area contributed by atoms with Gasteiger partial charge in [0.25, 0.3) is 5.88 Å². The molecule has 0 spiro atoms. The lowest BCUT2D eigenvalue weighted by atomic mass is 10.4. The lowest BCUT2D eigenvalue weighted by Crippen LogP contribution is -2.11. The Hall–Kier alpha value is -1.78. The number of carbonyl (C=O) groups excluding carboxylic acids is 1. The zero-order chi connectivity index (χ0) is 11.4. The number of rotatable bonds is 4. The van der Waals surface area contributed by atoms with E-state index in [1.165, 1.54) is 6.08 Å². The first-order chi connectivity index (χ1) is 7.02. The number of nitrogens with one attached hydrogen (secondary N) is 1. The van der Waals surface area contributed by atoms with Crippen molar-refractivity contribution in [3.05, 3.63) is 18.9 Å². The lowest BCUT2D eigenvalue weighted by Gasteiger charge is -2.08. The maximum atomic E-state index is 11.1. The molecule has 1 aromatic heterocycles. The number of aryl methyl sites for hydroxylation is 1. The molecule has 15 heavy (non-hydrogen) atoms. The van der Waals surface area contributed by atoms with E-state index in [0.717, 1.165) is 0 Å². The van der Waals surface area contributed by atoms with Gasteiger partial charge in [0.05, 0.1) is 12.3 Å². The molecule has 1 aromatic rings. The molecule has 1 rings (SSSR count). The summed E-state index contributed by atoms with van der Waals surface area (Å²) in [5, 5.41) is 6.70. The maximum Gasteiger partial charge on any atom is 0.257 e. The van der Waals surface area contributed by atoms with Crippen molar-refractivity contribution in [1.29, 1.82) is 0 Å². The largest absolute Gasteiger partial charge is 0.472 e. The highest BCUT2D eigenvalue weighted by atomic mass is 16.5. The van der Waals surface area contributed by atoms with Gasteiger partial charge in [0, 0.05) is 7.05 Å². The molecule has 0 aliphatic carbocycles. The number of amides is 1. The van der Waals surface area contributed by atoms with Crippen LogP contribution in [0.25, 0.3) is 0 Å². The number of aromatic nitrogens is 2. The number of ether oxygens (including phenoxy) is 1. The van der Waals surface area contributed by atoms with Crippen LogP contribution in [0.4, 0.5) is 5.69 Å². The number of hydrogen-bond donors (Lipinski definition) is 1. The van der Waals surface area contributed by atoms with Gasteiger partial charge in [-0.3, -0.25) is 9.48 Å². The second-order valence-electron chi connectivity index (χ2n) is 3.38. The fourth-order valence-electron chi connectivity index (χ4n) is 1.05. The summed E-state index contributed by atoms with van der Waals surface area (Å²) < 4.78 is 7.01. The van der Waals surface area contributed by atoms with E-state index in [1.54, 1.807) is 17.9 Å². The summed E-state index contributed by atoms with van der Waals surface area (Å²) in [7, 11) is 1.76. The van der Waals surface area contributed by atoms with Crippen molar-refractivity contribution in [1.82, 2.24) is 9.78 Å². The average molecular weight is 209 g/mol. The highest BCUT2D eigenvalue weighted by Gasteiger charge is 2.11. The van der Waals surface area contributed by atoms with E-state index < -0.39 is 0 Å². The van der Waals surface area contributed by atoms with Crippen molar-refractivity contribution in [2.45, 2.75) is 20.0 Å². The predicted molar refractivity (Wildman–Crippen MR) is 57.8 cm³/mol. The van der Waals surface area contributed by atoms with E-state index in [1.807, 2.05) is 13.8 Å². The van der Waals surface area contributed by atoms with Gasteiger partial charge in [0.1, 0.15) is 5.69 Å². The molecule has 0 saturated carbocycles. The summed E-state index contributed by atoms with van der Waals surface area (Å²) >= 11 is 0. The van der Waals surface area contributed by atoms with Crippen molar-refractivity contribution in [3.8, 4) is 5.88 Å². The first-order valence-corrected chi connectivity index (χ1v) is 4.66. The molecule has 0 atom stereocenters. The Labute approximate surface area is 88.7 Å². The third-order valence-electron chi connectivity index (χ3n) is 1.59. The molecule has 0 saturated heterocycles. The second-order valence-corrected chi connectivity index (χ2v) is 3.38. The third kappa shape index (κ3) is 3.12. The highest BCUT2D eigenvalue weighted by molar-refractivity contribution is 5.99. The SMILES string of the molecule is C=CC(=O)Nc1cn(C)nc1OC(C)C. The second kappa shape index (κ2) is 4.63. The lowest BCUT2D eigenvalue weighted by molar-refractivity contribution is -0.111. The fraction of sp³-hybridized carbons (Fsp3) is 0.400. The Bertz CT molecular complexity index is 369. The Morgan fingerprint density at radius 2 is 2.40 bits per heavy atom. The highest BCUT2D eigenvalue weighted by Crippen LogP contribution is 2.22. The molecule has 0 aliphatic rings. The molecule has 0 aromatic carbocycles. The number of carbonyl (C=O) groups is 1. The molecule has 1 N–H and O–H groups in total. The molecular weight excluding hydrogens is 194 g/mol.